The van der Waals surface area contributed by atoms with Crippen molar-refractivity contribution in [3.05, 3.63) is 22.9 Å². The van der Waals surface area contributed by atoms with Crippen molar-refractivity contribution in [1.29, 1.82) is 0 Å². The molecule has 0 fully saturated rings. The van der Waals surface area contributed by atoms with E-state index in [2.05, 4.69) is 19.0 Å². The third-order valence-corrected chi connectivity index (χ3v) is 4.74. The van der Waals surface area contributed by atoms with Gasteiger partial charge in [0.05, 0.1) is 11.3 Å². The number of carbonyl (C=O) groups is 1. The number of thioether (sulfide) groups is 1. The average Bonchev–Trinajstić information content (AvgIpc) is 2.43. The van der Waals surface area contributed by atoms with Gasteiger partial charge in [0, 0.05) is 23.6 Å². The summed E-state index contributed by atoms with van der Waals surface area (Å²) in [5.41, 5.74) is 2.06. The second-order valence-corrected chi connectivity index (χ2v) is 7.32. The molecule has 0 bridgehead atoms. The van der Waals surface area contributed by atoms with Gasteiger partial charge in [-0.2, -0.15) is 11.8 Å². The van der Waals surface area contributed by atoms with E-state index in [4.69, 9.17) is 16.4 Å². The number of nitrogens with zero attached hydrogens (tertiary/aromatic N) is 1. The lowest BCUT2D eigenvalue weighted by atomic mass is 9.83. The van der Waals surface area contributed by atoms with Crippen molar-refractivity contribution in [2.75, 3.05) is 12.4 Å². The minimum atomic E-state index is -0.0554. The Morgan fingerprint density at radius 3 is 2.91 bits per heavy atom. The predicted molar refractivity (Wildman–Crippen MR) is 93.7 cm³/mol. The summed E-state index contributed by atoms with van der Waals surface area (Å²) in [6, 6.07) is 0. The van der Waals surface area contributed by atoms with Crippen molar-refractivity contribution >= 4 is 34.9 Å². The molecule has 0 spiro atoms. The number of Topliss-reactive ketones (excluding diaryl/α,β-unsaturated/α-hetero) is 1. The fourth-order valence-electron chi connectivity index (χ4n) is 2.63. The maximum absolute atomic E-state index is 12.3. The molecule has 6 heteroatoms. The second-order valence-electron chi connectivity index (χ2n) is 5.35. The Bertz CT molecular complexity index is 474. The van der Waals surface area contributed by atoms with E-state index in [1.807, 2.05) is 11.8 Å². The molecule has 1 aliphatic rings. The first-order chi connectivity index (χ1) is 10.5. The van der Waals surface area contributed by atoms with E-state index in [1.54, 1.807) is 13.0 Å². The quantitative estimate of drug-likeness (QED) is 0.401. The van der Waals surface area contributed by atoms with Crippen LogP contribution in [0.3, 0.4) is 0 Å². The summed E-state index contributed by atoms with van der Waals surface area (Å²) in [5.74, 6) is 1.35. The van der Waals surface area contributed by atoms with Crippen LogP contribution in [-0.2, 0) is 9.63 Å². The summed E-state index contributed by atoms with van der Waals surface area (Å²) >= 11 is 7.26. The topological polar surface area (TPSA) is 58.9 Å². The molecule has 1 aliphatic carbocycles. The van der Waals surface area contributed by atoms with Crippen LogP contribution < -0.4 is 0 Å². The molecule has 0 aromatic heterocycles. The van der Waals surface area contributed by atoms with Crippen molar-refractivity contribution in [1.82, 2.24) is 0 Å². The zero-order valence-electron chi connectivity index (χ0n) is 13.3. The van der Waals surface area contributed by atoms with Crippen molar-refractivity contribution in [3.8, 4) is 0 Å². The number of oxime groups is 1. The highest BCUT2D eigenvalue weighted by Gasteiger charge is 2.30. The number of aliphatic hydroxyl groups is 1. The van der Waals surface area contributed by atoms with Crippen molar-refractivity contribution in [2.45, 2.75) is 45.3 Å². The average molecular weight is 346 g/mol. The highest BCUT2D eigenvalue weighted by molar-refractivity contribution is 7.99. The molecule has 4 nitrogen and oxygen atoms in total. The SMILES string of the molecule is CCSC(C)CC1CC(=O)C(/C(C)=N/OC/C=C/Cl)=C(O)C1. The standard InChI is InChI=1S/C16H24ClNO3S/c1-4-22-11(2)8-13-9-14(19)16(15(20)10-13)12(3)18-21-7-5-6-17/h5-6,11,13,19H,4,7-10H2,1-3H3/b6-5+,18-12+. The molecule has 0 heterocycles. The molecule has 0 amide bonds. The van der Waals surface area contributed by atoms with Crippen LogP contribution in [0.2, 0.25) is 0 Å². The number of hydrogen-bond donors (Lipinski definition) is 1. The van der Waals surface area contributed by atoms with Gasteiger partial charge in [0.1, 0.15) is 12.4 Å². The van der Waals surface area contributed by atoms with Gasteiger partial charge in [-0.25, -0.2) is 0 Å². The fourth-order valence-corrected chi connectivity index (χ4v) is 3.68. The Morgan fingerprint density at radius 1 is 1.59 bits per heavy atom. The monoisotopic (exact) mass is 345 g/mol. The summed E-state index contributed by atoms with van der Waals surface area (Å²) in [5, 5.41) is 14.6. The molecule has 124 valence electrons. The minimum Gasteiger partial charge on any atom is -0.511 e. The number of rotatable bonds is 8. The van der Waals surface area contributed by atoms with Gasteiger partial charge >= 0.3 is 0 Å². The number of carbonyl (C=O) groups excluding carboxylic acids is 1. The van der Waals surface area contributed by atoms with Gasteiger partial charge in [-0.05, 0) is 31.1 Å². The molecule has 0 aliphatic heterocycles. The molecular formula is C16H24ClNO3S. The third kappa shape index (κ3) is 6.05. The van der Waals surface area contributed by atoms with E-state index in [1.165, 1.54) is 5.54 Å². The lowest BCUT2D eigenvalue weighted by Crippen LogP contribution is -2.25. The molecule has 2 unspecified atom stereocenters. The number of hydrogen-bond acceptors (Lipinski definition) is 5. The summed E-state index contributed by atoms with van der Waals surface area (Å²) in [7, 11) is 0. The van der Waals surface area contributed by atoms with Crippen LogP contribution >= 0.6 is 23.4 Å². The van der Waals surface area contributed by atoms with Crippen LogP contribution in [0.5, 0.6) is 0 Å². The van der Waals surface area contributed by atoms with Crippen LogP contribution in [0.25, 0.3) is 0 Å². The van der Waals surface area contributed by atoms with Crippen LogP contribution in [-0.4, -0.2) is 34.2 Å². The van der Waals surface area contributed by atoms with Crippen molar-refractivity contribution in [2.24, 2.45) is 11.1 Å². The first-order valence-electron chi connectivity index (χ1n) is 7.48. The van der Waals surface area contributed by atoms with E-state index in [9.17, 15) is 9.90 Å². The first kappa shape index (κ1) is 19.1. The van der Waals surface area contributed by atoms with E-state index >= 15 is 0 Å². The maximum atomic E-state index is 12.3. The largest absolute Gasteiger partial charge is 0.511 e. The van der Waals surface area contributed by atoms with E-state index in [0.717, 1.165) is 12.2 Å². The smallest absolute Gasteiger partial charge is 0.168 e. The summed E-state index contributed by atoms with van der Waals surface area (Å²) in [6.07, 6.45) is 3.53. The fraction of sp³-hybridized carbons (Fsp3) is 0.625. The van der Waals surface area contributed by atoms with Gasteiger partial charge in [0.2, 0.25) is 0 Å². The molecule has 0 aromatic rings. The number of ketones is 1. The Hall–Kier alpha value is -0.940. The molecule has 0 aromatic carbocycles. The molecule has 1 N–H and O–H groups in total. The number of aliphatic hydroxyl groups excluding tert-OH is 1. The Morgan fingerprint density at radius 2 is 2.32 bits per heavy atom. The Kier molecular flexibility index (Phi) is 8.64. The molecule has 0 saturated heterocycles. The molecule has 0 saturated carbocycles. The molecule has 1 rings (SSSR count). The van der Waals surface area contributed by atoms with Gasteiger partial charge in [-0.15, -0.1) is 0 Å². The second kappa shape index (κ2) is 9.95. The summed E-state index contributed by atoms with van der Waals surface area (Å²) < 4.78 is 0. The minimum absolute atomic E-state index is 0.0554. The van der Waals surface area contributed by atoms with Gasteiger partial charge < -0.3 is 9.94 Å². The number of halogens is 1. The summed E-state index contributed by atoms with van der Waals surface area (Å²) in [6.45, 7) is 6.20. The lowest BCUT2D eigenvalue weighted by Gasteiger charge is -2.25. The van der Waals surface area contributed by atoms with Crippen LogP contribution in [0.1, 0.15) is 40.0 Å². The van der Waals surface area contributed by atoms with Gasteiger partial charge in [0.15, 0.2) is 5.78 Å². The predicted octanol–water partition coefficient (Wildman–Crippen LogP) is 4.45. The normalized spacial score (nSPS) is 21.5. The highest BCUT2D eigenvalue weighted by atomic mass is 35.5. The molecular weight excluding hydrogens is 322 g/mol. The van der Waals surface area contributed by atoms with Crippen molar-refractivity contribution in [3.63, 3.8) is 0 Å². The van der Waals surface area contributed by atoms with Crippen molar-refractivity contribution < 1.29 is 14.7 Å². The molecule has 0 radical (unpaired) electrons. The molecule has 22 heavy (non-hydrogen) atoms. The zero-order valence-corrected chi connectivity index (χ0v) is 14.9. The zero-order chi connectivity index (χ0) is 16.5. The third-order valence-electron chi connectivity index (χ3n) is 3.46. The number of allylic oxidation sites excluding steroid dienone is 2. The Labute approximate surface area is 141 Å². The van der Waals surface area contributed by atoms with E-state index in [0.29, 0.717) is 29.4 Å². The maximum Gasteiger partial charge on any atom is 0.168 e. The molecule has 2 atom stereocenters. The van der Waals surface area contributed by atoms with Gasteiger partial charge in [-0.1, -0.05) is 30.6 Å². The lowest BCUT2D eigenvalue weighted by molar-refractivity contribution is -0.116. The van der Waals surface area contributed by atoms with Crippen LogP contribution in [0, 0.1) is 5.92 Å². The summed E-state index contributed by atoms with van der Waals surface area (Å²) in [4.78, 5) is 17.3. The highest BCUT2D eigenvalue weighted by Crippen LogP contribution is 2.32. The van der Waals surface area contributed by atoms with E-state index < -0.39 is 0 Å². The van der Waals surface area contributed by atoms with Crippen LogP contribution in [0.4, 0.5) is 0 Å². The Balaban J connectivity index is 2.70. The first-order valence-corrected chi connectivity index (χ1v) is 8.97. The van der Waals surface area contributed by atoms with Gasteiger partial charge in [-0.3, -0.25) is 4.79 Å². The van der Waals surface area contributed by atoms with Crippen LogP contribution in [0.15, 0.2) is 28.1 Å². The van der Waals surface area contributed by atoms with E-state index in [-0.39, 0.29) is 24.1 Å². The van der Waals surface area contributed by atoms with Gasteiger partial charge in [0.25, 0.3) is 0 Å².